The van der Waals surface area contributed by atoms with Crippen LogP contribution in [0, 0.1) is 0 Å². The van der Waals surface area contributed by atoms with Gasteiger partial charge in [-0.05, 0) is 65.3 Å². The van der Waals surface area contributed by atoms with Crippen LogP contribution in [0.15, 0.2) is 107 Å². The van der Waals surface area contributed by atoms with Crippen LogP contribution in [-0.4, -0.2) is 49.4 Å². The highest BCUT2D eigenvalue weighted by Gasteiger charge is 2.32. The van der Waals surface area contributed by atoms with Crippen molar-refractivity contribution in [1.29, 1.82) is 0 Å². The van der Waals surface area contributed by atoms with Crippen molar-refractivity contribution in [2.75, 3.05) is 13.1 Å². The quantitative estimate of drug-likeness (QED) is 0.130. The molecule has 0 spiro atoms. The Labute approximate surface area is 234 Å². The number of benzene rings is 4. The Morgan fingerprint density at radius 3 is 2.35 bits per heavy atom. The zero-order valence-corrected chi connectivity index (χ0v) is 22.8. The molecule has 1 heterocycles. The molecular formula is C31H32N4O4S. The van der Waals surface area contributed by atoms with Gasteiger partial charge in [-0.3, -0.25) is 4.79 Å². The summed E-state index contributed by atoms with van der Waals surface area (Å²) in [4.78, 5) is 15.7. The molecule has 5 rings (SSSR count). The first-order valence-corrected chi connectivity index (χ1v) is 14.7. The smallest absolute Gasteiger partial charge is 0.241 e. The summed E-state index contributed by atoms with van der Waals surface area (Å²) < 4.78 is 29.8. The number of sulfonamides is 1. The molecule has 4 aromatic rings. The number of amidine groups is 1. The molecule has 1 saturated heterocycles. The molecule has 0 radical (unpaired) electrons. The molecular weight excluding hydrogens is 524 g/mol. The Morgan fingerprint density at radius 1 is 0.925 bits per heavy atom. The van der Waals surface area contributed by atoms with E-state index in [-0.39, 0.29) is 23.1 Å². The highest BCUT2D eigenvalue weighted by Crippen LogP contribution is 2.28. The minimum Gasteiger partial charge on any atom is -0.409 e. The van der Waals surface area contributed by atoms with Crippen LogP contribution in [0.25, 0.3) is 10.8 Å². The summed E-state index contributed by atoms with van der Waals surface area (Å²) in [6.45, 7) is 1.08. The number of oxime groups is 1. The van der Waals surface area contributed by atoms with Crippen molar-refractivity contribution in [3.8, 4) is 0 Å². The summed E-state index contributed by atoms with van der Waals surface area (Å²) in [6.07, 6.45) is 1.72. The highest BCUT2D eigenvalue weighted by atomic mass is 32.2. The third-order valence-corrected chi connectivity index (χ3v) is 8.94. The van der Waals surface area contributed by atoms with Crippen molar-refractivity contribution in [3.05, 3.63) is 114 Å². The Hall–Kier alpha value is -4.21. The van der Waals surface area contributed by atoms with Crippen LogP contribution in [-0.2, 0) is 21.2 Å². The number of nitrogens with one attached hydrogen (secondary N) is 1. The maximum Gasteiger partial charge on any atom is 0.241 e. The Kier molecular flexibility index (Phi) is 8.14. The lowest BCUT2D eigenvalue weighted by molar-refractivity contribution is -0.134. The molecule has 1 unspecified atom stereocenters. The first-order valence-electron chi connectivity index (χ1n) is 13.3. The van der Waals surface area contributed by atoms with Crippen molar-refractivity contribution >= 4 is 32.5 Å². The molecule has 0 saturated carbocycles. The fourth-order valence-corrected chi connectivity index (χ4v) is 6.52. The monoisotopic (exact) mass is 556 g/mol. The molecule has 0 bridgehead atoms. The van der Waals surface area contributed by atoms with Crippen molar-refractivity contribution < 1.29 is 18.4 Å². The lowest BCUT2D eigenvalue weighted by Gasteiger charge is -2.34. The highest BCUT2D eigenvalue weighted by molar-refractivity contribution is 7.89. The van der Waals surface area contributed by atoms with Crippen LogP contribution < -0.4 is 10.5 Å². The maximum absolute atomic E-state index is 13.9. The zero-order chi connectivity index (χ0) is 28.1. The zero-order valence-electron chi connectivity index (χ0n) is 22.0. The van der Waals surface area contributed by atoms with Gasteiger partial charge in [0.15, 0.2) is 5.84 Å². The predicted octanol–water partition coefficient (Wildman–Crippen LogP) is 4.23. The van der Waals surface area contributed by atoms with Crippen LogP contribution in [0.3, 0.4) is 0 Å². The van der Waals surface area contributed by atoms with Crippen LogP contribution in [0.4, 0.5) is 0 Å². The van der Waals surface area contributed by atoms with Crippen LogP contribution >= 0.6 is 0 Å². The molecule has 1 fully saturated rings. The SMILES string of the molecule is NC(=NO)c1cccc(CC(NS(=O)(=O)c2ccc3ccccc3c2)C(=O)N2CCC(c3ccccc3)CC2)c1. The molecule has 9 heteroatoms. The minimum atomic E-state index is -4.03. The van der Waals surface area contributed by atoms with Gasteiger partial charge < -0.3 is 15.8 Å². The van der Waals surface area contributed by atoms with E-state index in [1.165, 1.54) is 5.56 Å². The van der Waals surface area contributed by atoms with E-state index in [9.17, 15) is 13.2 Å². The predicted molar refractivity (Wildman–Crippen MR) is 156 cm³/mol. The van der Waals surface area contributed by atoms with Gasteiger partial charge >= 0.3 is 0 Å². The van der Waals surface area contributed by atoms with Crippen LogP contribution in [0.2, 0.25) is 0 Å². The van der Waals surface area contributed by atoms with E-state index in [0.29, 0.717) is 30.1 Å². The Morgan fingerprint density at radius 2 is 1.62 bits per heavy atom. The van der Waals surface area contributed by atoms with E-state index in [4.69, 9.17) is 10.9 Å². The standard InChI is InChI=1S/C31H32N4O4S/c32-30(33-37)27-12-6-7-22(19-27)20-29(31(36)35-17-15-25(16-18-35)23-8-2-1-3-9-23)34-40(38,39)28-14-13-24-10-4-5-11-26(24)21-28/h1-14,19,21,25,29,34,37H,15-18,20H2,(H2,32,33). The lowest BCUT2D eigenvalue weighted by atomic mass is 9.89. The lowest BCUT2D eigenvalue weighted by Crippen LogP contribution is -2.51. The second-order valence-electron chi connectivity index (χ2n) is 10.1. The summed E-state index contributed by atoms with van der Waals surface area (Å²) in [5.74, 6) is 0.0185. The third-order valence-electron chi connectivity index (χ3n) is 7.47. The molecule has 206 valence electrons. The first kappa shape index (κ1) is 27.4. The van der Waals surface area contributed by atoms with E-state index in [1.54, 1.807) is 47.4 Å². The fourth-order valence-electron chi connectivity index (χ4n) is 5.30. The Bertz CT molecular complexity index is 1630. The average molecular weight is 557 g/mol. The minimum absolute atomic E-state index is 0.0653. The Balaban J connectivity index is 1.40. The molecule has 8 nitrogen and oxygen atoms in total. The molecule has 1 atom stereocenters. The normalized spacial score (nSPS) is 15.7. The number of carbonyl (C=O) groups excluding carboxylic acids is 1. The van der Waals surface area contributed by atoms with Gasteiger partial charge in [0.25, 0.3) is 0 Å². The van der Waals surface area contributed by atoms with E-state index in [0.717, 1.165) is 23.6 Å². The van der Waals surface area contributed by atoms with Crippen molar-refractivity contribution in [1.82, 2.24) is 9.62 Å². The number of hydrogen-bond donors (Lipinski definition) is 3. The number of hydrogen-bond acceptors (Lipinski definition) is 5. The number of piperidine rings is 1. The van der Waals surface area contributed by atoms with Gasteiger partial charge in [0, 0.05) is 18.7 Å². The number of carbonyl (C=O) groups is 1. The number of fused-ring (bicyclic) bond motifs is 1. The number of nitrogens with two attached hydrogens (primary N) is 1. The van der Waals surface area contributed by atoms with Gasteiger partial charge in [-0.25, -0.2) is 8.42 Å². The molecule has 1 aliphatic heterocycles. The van der Waals surface area contributed by atoms with Gasteiger partial charge in [0.05, 0.1) is 4.90 Å². The van der Waals surface area contributed by atoms with Gasteiger partial charge in [-0.2, -0.15) is 4.72 Å². The van der Waals surface area contributed by atoms with Crippen LogP contribution in [0.5, 0.6) is 0 Å². The summed E-state index contributed by atoms with van der Waals surface area (Å²) in [6, 6.07) is 28.6. The number of rotatable bonds is 8. The van der Waals surface area contributed by atoms with E-state index < -0.39 is 16.1 Å². The van der Waals surface area contributed by atoms with Gasteiger partial charge in [0.2, 0.25) is 15.9 Å². The average Bonchev–Trinajstić information content (AvgIpc) is 3.00. The summed E-state index contributed by atoms with van der Waals surface area (Å²) in [5.41, 5.74) is 8.18. The molecule has 4 aromatic carbocycles. The summed E-state index contributed by atoms with van der Waals surface area (Å²) in [5, 5.41) is 13.9. The molecule has 40 heavy (non-hydrogen) atoms. The molecule has 4 N–H and O–H groups in total. The van der Waals surface area contributed by atoms with Crippen molar-refractivity contribution in [2.24, 2.45) is 10.9 Å². The molecule has 1 amide bonds. The first-order chi connectivity index (χ1) is 19.3. The number of nitrogens with zero attached hydrogens (tertiary/aromatic N) is 2. The van der Waals surface area contributed by atoms with Crippen molar-refractivity contribution in [2.45, 2.75) is 36.1 Å². The summed E-state index contributed by atoms with van der Waals surface area (Å²) in [7, 11) is -4.03. The molecule has 0 aliphatic carbocycles. The van der Waals surface area contributed by atoms with Crippen molar-refractivity contribution in [3.63, 3.8) is 0 Å². The number of likely N-dealkylation sites (tertiary alicyclic amines) is 1. The van der Waals surface area contributed by atoms with Gasteiger partial charge in [0.1, 0.15) is 6.04 Å². The number of amides is 1. The molecule has 0 aromatic heterocycles. The second-order valence-corrected chi connectivity index (χ2v) is 11.8. The second kappa shape index (κ2) is 11.9. The maximum atomic E-state index is 13.9. The van der Waals surface area contributed by atoms with Crippen LogP contribution in [0.1, 0.15) is 35.4 Å². The van der Waals surface area contributed by atoms with Gasteiger partial charge in [-0.1, -0.05) is 84.0 Å². The fraction of sp³-hybridized carbons (Fsp3) is 0.226. The van der Waals surface area contributed by atoms with E-state index in [2.05, 4.69) is 22.0 Å². The van der Waals surface area contributed by atoms with E-state index in [1.807, 2.05) is 42.5 Å². The largest absolute Gasteiger partial charge is 0.409 e. The summed E-state index contributed by atoms with van der Waals surface area (Å²) >= 11 is 0. The van der Waals surface area contributed by atoms with E-state index >= 15 is 0 Å². The third kappa shape index (κ3) is 6.16. The topological polar surface area (TPSA) is 125 Å². The van der Waals surface area contributed by atoms with Gasteiger partial charge in [-0.15, -0.1) is 0 Å². The molecule has 1 aliphatic rings.